The lowest BCUT2D eigenvalue weighted by molar-refractivity contribution is 1.49. The smallest absolute Gasteiger partial charge is 0.181 e. The lowest BCUT2D eigenvalue weighted by Crippen LogP contribution is -1.26. The van der Waals surface area contributed by atoms with Gasteiger partial charge < -0.3 is 0 Å². The second kappa shape index (κ2) is 18.9. The van der Waals surface area contributed by atoms with Gasteiger partial charge in [0, 0.05) is 6.08 Å². The average molecular weight is 105 g/mol. The fourth-order valence-corrected chi connectivity index (χ4v) is 0. The molecule has 0 aromatic heterocycles. The summed E-state index contributed by atoms with van der Waals surface area (Å²) in [5.41, 5.74) is 0. The van der Waals surface area contributed by atoms with E-state index in [2.05, 4.69) is 6.58 Å². The predicted molar refractivity (Wildman–Crippen MR) is 27.0 cm³/mol. The summed E-state index contributed by atoms with van der Waals surface area (Å²) in [6, 6.07) is 4.17. The maximum absolute atomic E-state index is 7.51. The zero-order valence-corrected chi connectivity index (χ0v) is 4.13. The monoisotopic (exact) mass is 105 g/mol. The molecule has 0 saturated heterocycles. The standard InChI is InChI=1S/C3H3N.C2N2/c1-2-3-4;3-1-2-4/h2H,1H2;. The van der Waals surface area contributed by atoms with Crippen molar-refractivity contribution in [2.24, 2.45) is 0 Å². The molecule has 0 aromatic rings. The van der Waals surface area contributed by atoms with Gasteiger partial charge in [-0.15, -0.1) is 0 Å². The van der Waals surface area contributed by atoms with Gasteiger partial charge in [0.2, 0.25) is 0 Å². The molecule has 3 heteroatoms. The normalized spacial score (nSPS) is 3.12. The molecule has 0 fully saturated rings. The first-order chi connectivity index (χ1) is 3.83. The van der Waals surface area contributed by atoms with Gasteiger partial charge in [-0.2, -0.15) is 15.8 Å². The van der Waals surface area contributed by atoms with Crippen molar-refractivity contribution in [3.8, 4) is 18.2 Å². The summed E-state index contributed by atoms with van der Waals surface area (Å²) in [4.78, 5) is 0. The van der Waals surface area contributed by atoms with Gasteiger partial charge in [0.05, 0.1) is 6.07 Å². The van der Waals surface area contributed by atoms with E-state index in [4.69, 9.17) is 15.8 Å². The van der Waals surface area contributed by atoms with Crippen molar-refractivity contribution in [2.75, 3.05) is 0 Å². The molecule has 0 bridgehead atoms. The largest absolute Gasteiger partial charge is 0.193 e. The Bertz CT molecular complexity index is 150. The molecule has 0 aliphatic carbocycles. The van der Waals surface area contributed by atoms with Crippen LogP contribution < -0.4 is 0 Å². The molecule has 0 aromatic carbocycles. The third kappa shape index (κ3) is 984. The predicted octanol–water partition coefficient (Wildman–Crippen LogP) is 0.730. The first-order valence-electron chi connectivity index (χ1n) is 1.62. The average Bonchev–Trinajstić information content (AvgIpc) is 1.88. The zero-order chi connectivity index (χ0) is 6.83. The van der Waals surface area contributed by atoms with Gasteiger partial charge in [0.1, 0.15) is 0 Å². The van der Waals surface area contributed by atoms with E-state index in [9.17, 15) is 0 Å². The van der Waals surface area contributed by atoms with Gasteiger partial charge in [0.15, 0.2) is 12.1 Å². The third-order valence-electron chi connectivity index (χ3n) is 0.141. The van der Waals surface area contributed by atoms with Crippen LogP contribution in [0.5, 0.6) is 0 Å². The molecule has 38 valence electrons. The number of allylic oxidation sites excluding steroid dienone is 1. The summed E-state index contributed by atoms with van der Waals surface area (Å²) in [6.07, 6.45) is 1.18. The second-order valence-corrected chi connectivity index (χ2v) is 0.557. The Balaban J connectivity index is 0. The molecule has 0 N–H and O–H groups in total. The Morgan fingerprint density at radius 3 is 1.38 bits per heavy atom. The molecule has 0 aliphatic heterocycles. The highest BCUT2D eigenvalue weighted by atomic mass is 14.3. The maximum atomic E-state index is 7.51. The lowest BCUT2D eigenvalue weighted by atomic mass is 10.8. The lowest BCUT2D eigenvalue weighted by Gasteiger charge is -1.31. The summed E-state index contributed by atoms with van der Waals surface area (Å²) >= 11 is 0. The Morgan fingerprint density at radius 2 is 1.38 bits per heavy atom. The number of hydrogen-bond acceptors (Lipinski definition) is 3. The Hall–Kier alpha value is -1.79. The third-order valence-corrected chi connectivity index (χ3v) is 0.141. The summed E-state index contributed by atoms with van der Waals surface area (Å²) < 4.78 is 0. The first kappa shape index (κ1) is 9.51. The highest BCUT2D eigenvalue weighted by Crippen LogP contribution is 1.41. The van der Waals surface area contributed by atoms with Crippen molar-refractivity contribution in [3.05, 3.63) is 12.7 Å². The molecular weight excluding hydrogens is 102 g/mol. The molecule has 8 heavy (non-hydrogen) atoms. The van der Waals surface area contributed by atoms with Crippen LogP contribution in [0.4, 0.5) is 0 Å². The molecule has 0 heterocycles. The van der Waals surface area contributed by atoms with Crippen LogP contribution in [0, 0.1) is 34.0 Å². The molecule has 0 aliphatic rings. The van der Waals surface area contributed by atoms with Gasteiger partial charge in [-0.25, -0.2) is 0 Å². The SMILES string of the molecule is C=CC#N.N#CC#N. The van der Waals surface area contributed by atoms with Crippen LogP contribution in [-0.2, 0) is 0 Å². The van der Waals surface area contributed by atoms with E-state index in [-0.39, 0.29) is 0 Å². The fourth-order valence-electron chi connectivity index (χ4n) is 0. The molecule has 0 amide bonds. The number of hydrogen-bond donors (Lipinski definition) is 0. The van der Waals surface area contributed by atoms with Crippen LogP contribution in [0.15, 0.2) is 12.7 Å². The van der Waals surface area contributed by atoms with E-state index < -0.39 is 0 Å². The van der Waals surface area contributed by atoms with Gasteiger partial charge in [-0.05, 0) is 0 Å². The van der Waals surface area contributed by atoms with Crippen LogP contribution in [-0.4, -0.2) is 0 Å². The minimum atomic E-state index is 1.18. The topological polar surface area (TPSA) is 71.4 Å². The Kier molecular flexibility index (Phi) is 22.5. The van der Waals surface area contributed by atoms with E-state index in [1.807, 2.05) is 0 Å². The van der Waals surface area contributed by atoms with E-state index in [0.717, 1.165) is 0 Å². The quantitative estimate of drug-likeness (QED) is 0.426. The molecule has 0 rings (SSSR count). The Labute approximate surface area is 47.7 Å². The van der Waals surface area contributed by atoms with Crippen molar-refractivity contribution in [1.29, 1.82) is 15.8 Å². The van der Waals surface area contributed by atoms with Crippen LogP contribution in [0.25, 0.3) is 0 Å². The van der Waals surface area contributed by atoms with E-state index in [1.165, 1.54) is 18.2 Å². The number of nitriles is 3. The van der Waals surface area contributed by atoms with Gasteiger partial charge in [0.25, 0.3) is 0 Å². The zero-order valence-electron chi connectivity index (χ0n) is 4.13. The van der Waals surface area contributed by atoms with Gasteiger partial charge in [-0.1, -0.05) is 6.58 Å². The second-order valence-electron chi connectivity index (χ2n) is 0.557. The fraction of sp³-hybridized carbons (Fsp3) is 0. The van der Waals surface area contributed by atoms with Crippen molar-refractivity contribution in [2.45, 2.75) is 0 Å². The van der Waals surface area contributed by atoms with Crippen LogP contribution in [0.1, 0.15) is 0 Å². The van der Waals surface area contributed by atoms with Gasteiger partial charge in [-0.3, -0.25) is 0 Å². The highest BCUT2D eigenvalue weighted by Gasteiger charge is 1.39. The first-order valence-corrected chi connectivity index (χ1v) is 1.62. The molecule has 0 spiro atoms. The van der Waals surface area contributed by atoms with Crippen LogP contribution in [0.2, 0.25) is 0 Å². The van der Waals surface area contributed by atoms with E-state index >= 15 is 0 Å². The summed E-state index contributed by atoms with van der Waals surface area (Å²) in [7, 11) is 0. The minimum Gasteiger partial charge on any atom is -0.193 e. The Morgan fingerprint density at radius 1 is 1.12 bits per heavy atom. The maximum Gasteiger partial charge on any atom is 0.181 e. The van der Waals surface area contributed by atoms with Crippen LogP contribution in [0.3, 0.4) is 0 Å². The van der Waals surface area contributed by atoms with Crippen molar-refractivity contribution >= 4 is 0 Å². The van der Waals surface area contributed by atoms with E-state index in [1.54, 1.807) is 6.07 Å². The molecule has 0 atom stereocenters. The van der Waals surface area contributed by atoms with Crippen molar-refractivity contribution < 1.29 is 0 Å². The molecule has 0 unspecified atom stereocenters. The highest BCUT2D eigenvalue weighted by molar-refractivity contribution is 4.99. The number of rotatable bonds is 0. The minimum absolute atomic E-state index is 1.18. The molecule has 0 saturated carbocycles. The van der Waals surface area contributed by atoms with Crippen molar-refractivity contribution in [1.82, 2.24) is 0 Å². The molecular formula is C5H3N3. The van der Waals surface area contributed by atoms with Crippen molar-refractivity contribution in [3.63, 3.8) is 0 Å². The van der Waals surface area contributed by atoms with Gasteiger partial charge >= 0.3 is 0 Å². The summed E-state index contributed by atoms with van der Waals surface area (Å²) in [6.45, 7) is 3.12. The van der Waals surface area contributed by atoms with E-state index in [0.29, 0.717) is 0 Å². The van der Waals surface area contributed by atoms with Crippen LogP contribution >= 0.6 is 0 Å². The summed E-state index contributed by atoms with van der Waals surface area (Å²) in [5.74, 6) is 0. The summed E-state index contributed by atoms with van der Waals surface area (Å²) in [5, 5.41) is 22.0. The number of nitrogens with zero attached hydrogens (tertiary/aromatic N) is 3. The molecule has 3 nitrogen and oxygen atoms in total. The molecule has 0 radical (unpaired) electrons.